The monoisotopic (exact) mass is 204 g/mol. The molecule has 0 unspecified atom stereocenters. The van der Waals surface area contributed by atoms with Gasteiger partial charge < -0.3 is 11.5 Å². The predicted molar refractivity (Wildman–Crippen MR) is 57.9 cm³/mol. The molecule has 4 N–H and O–H groups in total. The molecule has 2 aromatic heterocycles. The molecule has 0 aliphatic carbocycles. The smallest absolute Gasteiger partial charge is 0.143 e. The number of aromatic nitrogens is 1. The number of pyridine rings is 1. The Morgan fingerprint density at radius 2 is 2.21 bits per heavy atom. The number of hydrogen-bond acceptors (Lipinski definition) is 5. The van der Waals surface area contributed by atoms with Crippen LogP contribution < -0.4 is 11.5 Å². The van der Waals surface area contributed by atoms with Crippen LogP contribution >= 0.6 is 11.3 Å². The Hall–Kier alpha value is -1.80. The average molecular weight is 204 g/mol. The van der Waals surface area contributed by atoms with Crippen molar-refractivity contribution in [3.63, 3.8) is 0 Å². The Balaban J connectivity index is 2.88. The van der Waals surface area contributed by atoms with E-state index in [4.69, 9.17) is 16.7 Å². The van der Waals surface area contributed by atoms with Gasteiger partial charge in [-0.15, -0.1) is 11.3 Å². The Bertz CT molecular complexity index is 550. The van der Waals surface area contributed by atoms with Crippen molar-refractivity contribution in [2.45, 2.75) is 6.92 Å². The molecule has 0 aliphatic rings. The molecule has 14 heavy (non-hydrogen) atoms. The van der Waals surface area contributed by atoms with E-state index in [9.17, 15) is 0 Å². The molecule has 0 aromatic carbocycles. The molecule has 0 amide bonds. The van der Waals surface area contributed by atoms with Crippen molar-refractivity contribution < 1.29 is 0 Å². The second-order valence-corrected chi connectivity index (χ2v) is 4.16. The van der Waals surface area contributed by atoms with Crippen LogP contribution in [0.15, 0.2) is 6.07 Å². The summed E-state index contributed by atoms with van der Waals surface area (Å²) < 4.78 is 0. The Kier molecular flexibility index (Phi) is 1.79. The van der Waals surface area contributed by atoms with E-state index < -0.39 is 0 Å². The molecule has 5 heteroatoms. The Labute approximate surface area is 84.8 Å². The second-order valence-electron chi connectivity index (χ2n) is 2.96. The van der Waals surface area contributed by atoms with Gasteiger partial charge >= 0.3 is 0 Å². The van der Waals surface area contributed by atoms with E-state index in [0.29, 0.717) is 11.3 Å². The number of hydrogen-bond donors (Lipinski definition) is 2. The van der Waals surface area contributed by atoms with Crippen LogP contribution in [0.5, 0.6) is 0 Å². The van der Waals surface area contributed by atoms with Crippen molar-refractivity contribution in [2.75, 3.05) is 11.5 Å². The van der Waals surface area contributed by atoms with Crippen LogP contribution in [0.4, 0.5) is 11.5 Å². The zero-order chi connectivity index (χ0) is 10.3. The van der Waals surface area contributed by atoms with E-state index in [1.54, 1.807) is 6.07 Å². The summed E-state index contributed by atoms with van der Waals surface area (Å²) in [6.45, 7) is 1.92. The van der Waals surface area contributed by atoms with Gasteiger partial charge in [0.25, 0.3) is 0 Å². The molecule has 0 fully saturated rings. The van der Waals surface area contributed by atoms with Gasteiger partial charge in [0.05, 0.1) is 11.3 Å². The summed E-state index contributed by atoms with van der Waals surface area (Å²) >= 11 is 1.49. The van der Waals surface area contributed by atoms with E-state index in [-0.39, 0.29) is 5.82 Å². The SMILES string of the molecule is Cc1sc2nc(N)c(C#N)cc2c1N. The Morgan fingerprint density at radius 3 is 2.86 bits per heavy atom. The molecule has 2 heterocycles. The number of nitrogens with two attached hydrogens (primary N) is 2. The average Bonchev–Trinajstić information content (AvgIpc) is 2.41. The minimum atomic E-state index is 0.265. The van der Waals surface area contributed by atoms with Crippen LogP contribution in [0, 0.1) is 18.3 Å². The first kappa shape index (κ1) is 8.78. The molecule has 0 saturated carbocycles. The molecule has 0 aliphatic heterocycles. The second kappa shape index (κ2) is 2.86. The van der Waals surface area contributed by atoms with Gasteiger partial charge in [0.15, 0.2) is 0 Å². The van der Waals surface area contributed by atoms with Gasteiger partial charge in [-0.25, -0.2) is 4.98 Å². The van der Waals surface area contributed by atoms with Crippen molar-refractivity contribution in [2.24, 2.45) is 0 Å². The lowest BCUT2D eigenvalue weighted by atomic mass is 10.2. The molecule has 0 saturated heterocycles. The predicted octanol–water partition coefficient (Wildman–Crippen LogP) is 1.64. The number of fused-ring (bicyclic) bond motifs is 1. The van der Waals surface area contributed by atoms with Gasteiger partial charge in [0, 0.05) is 10.3 Å². The minimum Gasteiger partial charge on any atom is -0.397 e. The fourth-order valence-corrected chi connectivity index (χ4v) is 2.19. The highest BCUT2D eigenvalue weighted by Gasteiger charge is 2.10. The van der Waals surface area contributed by atoms with Crippen LogP contribution in [-0.2, 0) is 0 Å². The molecule has 2 rings (SSSR count). The summed E-state index contributed by atoms with van der Waals surface area (Å²) in [7, 11) is 0. The normalized spacial score (nSPS) is 10.3. The maximum atomic E-state index is 8.77. The van der Waals surface area contributed by atoms with Gasteiger partial charge in [0.2, 0.25) is 0 Å². The molecule has 0 radical (unpaired) electrons. The topological polar surface area (TPSA) is 88.7 Å². The molecule has 70 valence electrons. The molecule has 4 nitrogen and oxygen atoms in total. The summed E-state index contributed by atoms with van der Waals surface area (Å²) in [5.41, 5.74) is 12.5. The number of aryl methyl sites for hydroxylation is 1. The summed E-state index contributed by atoms with van der Waals surface area (Å²) in [6.07, 6.45) is 0. The first-order chi connectivity index (χ1) is 6.63. The number of anilines is 2. The molecule has 0 spiro atoms. The van der Waals surface area contributed by atoms with Crippen LogP contribution in [0.2, 0.25) is 0 Å². The zero-order valence-electron chi connectivity index (χ0n) is 7.53. The summed E-state index contributed by atoms with van der Waals surface area (Å²) in [4.78, 5) is 5.91. The highest BCUT2D eigenvalue weighted by molar-refractivity contribution is 7.19. The summed E-state index contributed by atoms with van der Waals surface area (Å²) in [5.74, 6) is 0.265. The maximum Gasteiger partial charge on any atom is 0.143 e. The van der Waals surface area contributed by atoms with E-state index in [1.807, 2.05) is 13.0 Å². The molecule has 0 atom stereocenters. The largest absolute Gasteiger partial charge is 0.397 e. The quantitative estimate of drug-likeness (QED) is 0.682. The lowest BCUT2D eigenvalue weighted by Crippen LogP contribution is -1.94. The highest BCUT2D eigenvalue weighted by atomic mass is 32.1. The number of nitrogens with zero attached hydrogens (tertiary/aromatic N) is 2. The summed E-state index contributed by atoms with van der Waals surface area (Å²) in [5, 5.41) is 9.59. The first-order valence-electron chi connectivity index (χ1n) is 3.98. The fraction of sp³-hybridized carbons (Fsp3) is 0.111. The Morgan fingerprint density at radius 1 is 1.50 bits per heavy atom. The fourth-order valence-electron chi connectivity index (χ4n) is 1.26. The third-order valence-electron chi connectivity index (χ3n) is 2.06. The van der Waals surface area contributed by atoms with Gasteiger partial charge in [-0.3, -0.25) is 0 Å². The number of thiophene rings is 1. The van der Waals surface area contributed by atoms with Crippen LogP contribution in [0.3, 0.4) is 0 Å². The van der Waals surface area contributed by atoms with Gasteiger partial charge in [0.1, 0.15) is 16.7 Å². The molecular weight excluding hydrogens is 196 g/mol. The van der Waals surface area contributed by atoms with Gasteiger partial charge in [-0.2, -0.15) is 5.26 Å². The van der Waals surface area contributed by atoms with Crippen molar-refractivity contribution >= 4 is 33.1 Å². The standard InChI is InChI=1S/C9H8N4S/c1-4-7(11)6-2-5(3-10)8(12)13-9(6)14-4/h2H,11H2,1H3,(H2,12,13). The summed E-state index contributed by atoms with van der Waals surface area (Å²) in [6, 6.07) is 3.68. The van der Waals surface area contributed by atoms with Crippen molar-refractivity contribution in [3.8, 4) is 6.07 Å². The molecular formula is C9H8N4S. The number of nitriles is 1. The molecule has 2 aromatic rings. The number of nitrogen functional groups attached to an aromatic ring is 2. The molecule has 0 bridgehead atoms. The van der Waals surface area contributed by atoms with E-state index >= 15 is 0 Å². The third-order valence-corrected chi connectivity index (χ3v) is 3.09. The van der Waals surface area contributed by atoms with Crippen LogP contribution in [0.1, 0.15) is 10.4 Å². The van der Waals surface area contributed by atoms with Crippen LogP contribution in [-0.4, -0.2) is 4.98 Å². The minimum absolute atomic E-state index is 0.265. The van der Waals surface area contributed by atoms with Crippen molar-refractivity contribution in [3.05, 3.63) is 16.5 Å². The number of rotatable bonds is 0. The van der Waals surface area contributed by atoms with Crippen molar-refractivity contribution in [1.29, 1.82) is 5.26 Å². The lowest BCUT2D eigenvalue weighted by molar-refractivity contribution is 1.40. The first-order valence-corrected chi connectivity index (χ1v) is 4.80. The van der Waals surface area contributed by atoms with E-state index in [2.05, 4.69) is 4.98 Å². The highest BCUT2D eigenvalue weighted by Crippen LogP contribution is 2.33. The van der Waals surface area contributed by atoms with Gasteiger partial charge in [-0.05, 0) is 13.0 Å². The zero-order valence-corrected chi connectivity index (χ0v) is 8.35. The van der Waals surface area contributed by atoms with Crippen molar-refractivity contribution in [1.82, 2.24) is 4.98 Å². The van der Waals surface area contributed by atoms with Gasteiger partial charge in [-0.1, -0.05) is 0 Å². The maximum absolute atomic E-state index is 8.77. The van der Waals surface area contributed by atoms with Crippen LogP contribution in [0.25, 0.3) is 10.2 Å². The van der Waals surface area contributed by atoms with E-state index in [0.717, 1.165) is 15.1 Å². The van der Waals surface area contributed by atoms with E-state index in [1.165, 1.54) is 11.3 Å². The third kappa shape index (κ3) is 1.09. The lowest BCUT2D eigenvalue weighted by Gasteiger charge is -1.96.